The van der Waals surface area contributed by atoms with Crippen molar-refractivity contribution < 1.29 is 9.59 Å². The highest BCUT2D eigenvalue weighted by molar-refractivity contribution is 5.83. The average Bonchev–Trinajstić information content (AvgIpc) is 2.69. The van der Waals surface area contributed by atoms with E-state index >= 15 is 0 Å². The second kappa shape index (κ2) is 9.31. The predicted molar refractivity (Wildman–Crippen MR) is 105 cm³/mol. The van der Waals surface area contributed by atoms with Crippen LogP contribution in [0.15, 0.2) is 54.7 Å². The van der Waals surface area contributed by atoms with Gasteiger partial charge in [0.25, 0.3) is 0 Å². The van der Waals surface area contributed by atoms with Crippen molar-refractivity contribution >= 4 is 11.8 Å². The third-order valence-corrected chi connectivity index (χ3v) is 5.18. The first-order valence-electron chi connectivity index (χ1n) is 9.59. The molecule has 1 aromatic carbocycles. The molecule has 0 saturated carbocycles. The van der Waals surface area contributed by atoms with Crippen LogP contribution in [0, 0.1) is 5.92 Å². The summed E-state index contributed by atoms with van der Waals surface area (Å²) in [5.41, 5.74) is 2.16. The molecule has 2 aromatic rings. The van der Waals surface area contributed by atoms with Gasteiger partial charge in [0.15, 0.2) is 0 Å². The van der Waals surface area contributed by atoms with Crippen LogP contribution in [-0.2, 0) is 22.6 Å². The van der Waals surface area contributed by atoms with Crippen LogP contribution >= 0.6 is 0 Å². The molecule has 1 aliphatic rings. The Morgan fingerprint density at radius 2 is 1.78 bits per heavy atom. The molecule has 5 nitrogen and oxygen atoms in total. The molecule has 1 aliphatic heterocycles. The van der Waals surface area contributed by atoms with E-state index < -0.39 is 0 Å². The van der Waals surface area contributed by atoms with Gasteiger partial charge < -0.3 is 9.80 Å². The lowest BCUT2D eigenvalue weighted by Crippen LogP contribution is -2.45. The van der Waals surface area contributed by atoms with Crippen LogP contribution < -0.4 is 0 Å². The Morgan fingerprint density at radius 1 is 1.07 bits per heavy atom. The summed E-state index contributed by atoms with van der Waals surface area (Å²) < 4.78 is 0. The third-order valence-electron chi connectivity index (χ3n) is 5.18. The van der Waals surface area contributed by atoms with E-state index in [9.17, 15) is 9.59 Å². The summed E-state index contributed by atoms with van der Waals surface area (Å²) in [6, 6.07) is 16.1. The third kappa shape index (κ3) is 5.64. The van der Waals surface area contributed by atoms with Gasteiger partial charge in [-0.3, -0.25) is 14.6 Å². The number of benzene rings is 1. The van der Waals surface area contributed by atoms with E-state index in [2.05, 4.69) is 29.2 Å². The number of hydrogen-bond donors (Lipinski definition) is 0. The molecule has 2 heterocycles. The van der Waals surface area contributed by atoms with Crippen molar-refractivity contribution in [3.05, 3.63) is 66.0 Å². The van der Waals surface area contributed by atoms with Gasteiger partial charge >= 0.3 is 0 Å². The number of piperidine rings is 1. The van der Waals surface area contributed by atoms with Gasteiger partial charge in [0.1, 0.15) is 6.54 Å². The van der Waals surface area contributed by atoms with Gasteiger partial charge in [-0.2, -0.15) is 0 Å². The van der Waals surface area contributed by atoms with Crippen molar-refractivity contribution in [3.63, 3.8) is 0 Å². The van der Waals surface area contributed by atoms with E-state index in [0.29, 0.717) is 12.5 Å². The summed E-state index contributed by atoms with van der Waals surface area (Å²) in [4.78, 5) is 32.3. The van der Waals surface area contributed by atoms with Crippen LogP contribution in [0.2, 0.25) is 0 Å². The monoisotopic (exact) mass is 365 g/mol. The molecule has 0 radical (unpaired) electrons. The zero-order chi connectivity index (χ0) is 19.1. The van der Waals surface area contributed by atoms with E-state index in [1.54, 1.807) is 11.1 Å². The zero-order valence-corrected chi connectivity index (χ0v) is 15.9. The SMILES string of the molecule is CC(=O)N(CC(=O)N1CCC(Cc2ccccc2)CC1)Cc1ccccn1. The number of nitrogens with zero attached hydrogens (tertiary/aromatic N) is 3. The number of hydrogen-bond acceptors (Lipinski definition) is 3. The fraction of sp³-hybridized carbons (Fsp3) is 0.409. The van der Waals surface area contributed by atoms with Crippen LogP contribution in [0.3, 0.4) is 0 Å². The summed E-state index contributed by atoms with van der Waals surface area (Å²) in [5.74, 6) is 0.543. The topological polar surface area (TPSA) is 53.5 Å². The maximum atomic E-state index is 12.7. The average molecular weight is 365 g/mol. The Bertz CT molecular complexity index is 741. The molecule has 1 fully saturated rings. The first kappa shape index (κ1) is 19.1. The van der Waals surface area contributed by atoms with E-state index in [1.165, 1.54) is 12.5 Å². The molecule has 0 spiro atoms. The second-order valence-electron chi connectivity index (χ2n) is 7.21. The van der Waals surface area contributed by atoms with Crippen molar-refractivity contribution in [1.29, 1.82) is 0 Å². The lowest BCUT2D eigenvalue weighted by Gasteiger charge is -2.33. The smallest absolute Gasteiger partial charge is 0.242 e. The maximum Gasteiger partial charge on any atom is 0.242 e. The summed E-state index contributed by atoms with van der Waals surface area (Å²) >= 11 is 0. The fourth-order valence-corrected chi connectivity index (χ4v) is 3.56. The Hall–Kier alpha value is -2.69. The molecule has 0 N–H and O–H groups in total. The molecule has 5 heteroatoms. The van der Waals surface area contributed by atoms with Crippen molar-refractivity contribution in [2.45, 2.75) is 32.7 Å². The van der Waals surface area contributed by atoms with Crippen molar-refractivity contribution in [2.75, 3.05) is 19.6 Å². The molecule has 27 heavy (non-hydrogen) atoms. The quantitative estimate of drug-likeness (QED) is 0.791. The molecular weight excluding hydrogens is 338 g/mol. The van der Waals surface area contributed by atoms with Crippen molar-refractivity contribution in [1.82, 2.24) is 14.8 Å². The molecular formula is C22H27N3O2. The number of carbonyl (C=O) groups is 2. The van der Waals surface area contributed by atoms with E-state index in [0.717, 1.165) is 38.0 Å². The Morgan fingerprint density at radius 3 is 2.41 bits per heavy atom. The minimum Gasteiger partial charge on any atom is -0.341 e. The molecule has 1 aromatic heterocycles. The second-order valence-corrected chi connectivity index (χ2v) is 7.21. The van der Waals surface area contributed by atoms with Gasteiger partial charge in [-0.25, -0.2) is 0 Å². The minimum atomic E-state index is -0.104. The van der Waals surface area contributed by atoms with Gasteiger partial charge in [-0.1, -0.05) is 36.4 Å². The highest BCUT2D eigenvalue weighted by Crippen LogP contribution is 2.22. The zero-order valence-electron chi connectivity index (χ0n) is 15.9. The Balaban J connectivity index is 1.49. The number of likely N-dealkylation sites (tertiary alicyclic amines) is 1. The van der Waals surface area contributed by atoms with Crippen LogP contribution in [0.4, 0.5) is 0 Å². The summed E-state index contributed by atoms with van der Waals surface area (Å²) in [6.45, 7) is 3.53. The number of aromatic nitrogens is 1. The minimum absolute atomic E-state index is 0.0271. The number of rotatable bonds is 6. The van der Waals surface area contributed by atoms with E-state index in [4.69, 9.17) is 0 Å². The number of pyridine rings is 1. The van der Waals surface area contributed by atoms with Gasteiger partial charge in [0, 0.05) is 26.2 Å². The van der Waals surface area contributed by atoms with Gasteiger partial charge in [0.2, 0.25) is 11.8 Å². The lowest BCUT2D eigenvalue weighted by molar-refractivity contribution is -0.140. The number of amides is 2. The summed E-state index contributed by atoms with van der Waals surface area (Å²) in [5, 5.41) is 0. The van der Waals surface area contributed by atoms with Crippen LogP contribution in [-0.4, -0.2) is 46.2 Å². The van der Waals surface area contributed by atoms with Gasteiger partial charge in [0.05, 0.1) is 12.2 Å². The molecule has 0 unspecified atom stereocenters. The fourth-order valence-electron chi connectivity index (χ4n) is 3.56. The molecule has 1 saturated heterocycles. The van der Waals surface area contributed by atoms with Gasteiger partial charge in [-0.05, 0) is 42.9 Å². The summed E-state index contributed by atoms with van der Waals surface area (Å²) in [6.07, 6.45) is 4.80. The first-order chi connectivity index (χ1) is 13.1. The molecule has 0 bridgehead atoms. The standard InChI is InChI=1S/C22H27N3O2/c1-18(26)25(16-21-9-5-6-12-23-21)17-22(27)24-13-10-20(11-14-24)15-19-7-3-2-4-8-19/h2-9,12,20H,10-11,13-17H2,1H3. The van der Waals surface area contributed by atoms with Gasteiger partial charge in [-0.15, -0.1) is 0 Å². The van der Waals surface area contributed by atoms with Crippen LogP contribution in [0.25, 0.3) is 0 Å². The number of carbonyl (C=O) groups excluding carboxylic acids is 2. The first-order valence-corrected chi connectivity index (χ1v) is 9.59. The highest BCUT2D eigenvalue weighted by Gasteiger charge is 2.25. The maximum absolute atomic E-state index is 12.7. The van der Waals surface area contributed by atoms with E-state index in [-0.39, 0.29) is 18.4 Å². The van der Waals surface area contributed by atoms with Crippen molar-refractivity contribution in [3.8, 4) is 0 Å². The molecule has 142 valence electrons. The Labute approximate surface area is 161 Å². The largest absolute Gasteiger partial charge is 0.341 e. The molecule has 0 atom stereocenters. The van der Waals surface area contributed by atoms with Crippen LogP contribution in [0.5, 0.6) is 0 Å². The van der Waals surface area contributed by atoms with Crippen LogP contribution in [0.1, 0.15) is 31.0 Å². The highest BCUT2D eigenvalue weighted by atomic mass is 16.2. The molecule has 3 rings (SSSR count). The normalized spacial score (nSPS) is 14.8. The molecule has 2 amide bonds. The Kier molecular flexibility index (Phi) is 6.58. The lowest BCUT2D eigenvalue weighted by atomic mass is 9.90. The summed E-state index contributed by atoms with van der Waals surface area (Å²) in [7, 11) is 0. The van der Waals surface area contributed by atoms with Crippen molar-refractivity contribution in [2.24, 2.45) is 5.92 Å². The molecule has 0 aliphatic carbocycles. The van der Waals surface area contributed by atoms with E-state index in [1.807, 2.05) is 29.2 Å². The predicted octanol–water partition coefficient (Wildman–Crippen LogP) is 2.91.